The first kappa shape index (κ1) is 18.0. The molecule has 0 radical (unpaired) electrons. The molecule has 2 aromatic rings. The second kappa shape index (κ2) is 8.47. The van der Waals surface area contributed by atoms with Crippen LogP contribution in [-0.2, 0) is 22.4 Å². The molecule has 1 heterocycles. The van der Waals surface area contributed by atoms with E-state index in [1.807, 2.05) is 0 Å². The molecule has 2 rings (SSSR count). The van der Waals surface area contributed by atoms with Gasteiger partial charge < -0.3 is 20.2 Å². The molecule has 0 aliphatic rings. The van der Waals surface area contributed by atoms with Gasteiger partial charge in [0.05, 0.1) is 7.11 Å². The van der Waals surface area contributed by atoms with Gasteiger partial charge in [-0.2, -0.15) is 0 Å². The lowest BCUT2D eigenvalue weighted by atomic mass is 10.1. The Labute approximate surface area is 144 Å². The van der Waals surface area contributed by atoms with E-state index in [4.69, 9.17) is 26.5 Å². The first-order chi connectivity index (χ1) is 11.5. The molecule has 0 spiro atoms. The van der Waals surface area contributed by atoms with Crippen LogP contribution in [0.5, 0.6) is 0 Å². The zero-order valence-electron chi connectivity index (χ0n) is 13.1. The molecule has 8 heteroatoms. The van der Waals surface area contributed by atoms with Gasteiger partial charge in [-0.1, -0.05) is 23.7 Å². The van der Waals surface area contributed by atoms with Crippen LogP contribution in [0.3, 0.4) is 0 Å². The zero-order valence-corrected chi connectivity index (χ0v) is 13.9. The molecular formula is C16H18ClN3O4. The molecule has 1 amide bonds. The Hall–Kier alpha value is -2.38. The summed E-state index contributed by atoms with van der Waals surface area (Å²) in [7, 11) is 1.26. The number of aromatic nitrogens is 1. The summed E-state index contributed by atoms with van der Waals surface area (Å²) < 4.78 is 9.89. The van der Waals surface area contributed by atoms with Crippen molar-refractivity contribution in [2.75, 3.05) is 13.7 Å². The average molecular weight is 352 g/mol. The highest BCUT2D eigenvalue weighted by molar-refractivity contribution is 6.30. The number of nitrogens with one attached hydrogen (secondary N) is 1. The van der Waals surface area contributed by atoms with E-state index in [0.29, 0.717) is 23.9 Å². The van der Waals surface area contributed by atoms with Gasteiger partial charge in [-0.05, 0) is 17.7 Å². The molecule has 0 aliphatic heterocycles. The number of nitrogens with two attached hydrogens (primary N) is 1. The molecule has 1 atom stereocenters. The summed E-state index contributed by atoms with van der Waals surface area (Å²) in [6.45, 7) is 0.364. The monoisotopic (exact) mass is 351 g/mol. The molecule has 0 saturated heterocycles. The van der Waals surface area contributed by atoms with Crippen LogP contribution < -0.4 is 11.1 Å². The number of carbonyl (C=O) groups is 2. The SMILES string of the molecule is COC(=O)C(Cc1ccc(Cl)cc1)NC(=O)c1coc(CCN)n1. The van der Waals surface area contributed by atoms with E-state index in [1.165, 1.54) is 13.4 Å². The van der Waals surface area contributed by atoms with Crippen LogP contribution in [-0.4, -0.2) is 36.6 Å². The Kier molecular flexibility index (Phi) is 6.34. The first-order valence-corrected chi connectivity index (χ1v) is 7.69. The van der Waals surface area contributed by atoms with Crippen molar-refractivity contribution in [1.82, 2.24) is 10.3 Å². The Morgan fingerprint density at radius 1 is 1.38 bits per heavy atom. The third-order valence-electron chi connectivity index (χ3n) is 3.29. The van der Waals surface area contributed by atoms with Crippen LogP contribution in [0.25, 0.3) is 0 Å². The molecule has 0 aliphatic carbocycles. The van der Waals surface area contributed by atoms with E-state index in [2.05, 4.69) is 10.3 Å². The average Bonchev–Trinajstić information content (AvgIpc) is 3.04. The van der Waals surface area contributed by atoms with E-state index >= 15 is 0 Å². The van der Waals surface area contributed by atoms with E-state index in [0.717, 1.165) is 5.56 Å². The van der Waals surface area contributed by atoms with Crippen molar-refractivity contribution in [2.45, 2.75) is 18.9 Å². The minimum atomic E-state index is -0.849. The third-order valence-corrected chi connectivity index (χ3v) is 3.54. The lowest BCUT2D eigenvalue weighted by Gasteiger charge is -2.16. The maximum atomic E-state index is 12.2. The highest BCUT2D eigenvalue weighted by atomic mass is 35.5. The second-order valence-corrected chi connectivity index (χ2v) is 5.48. The molecular weight excluding hydrogens is 334 g/mol. The van der Waals surface area contributed by atoms with Crippen molar-refractivity contribution in [1.29, 1.82) is 0 Å². The number of ether oxygens (including phenoxy) is 1. The highest BCUT2D eigenvalue weighted by Gasteiger charge is 2.24. The maximum Gasteiger partial charge on any atom is 0.328 e. The van der Waals surface area contributed by atoms with Crippen molar-refractivity contribution >= 4 is 23.5 Å². The predicted octanol–water partition coefficient (Wildman–Crippen LogP) is 1.34. The molecule has 3 N–H and O–H groups in total. The summed E-state index contributed by atoms with van der Waals surface area (Å²) in [4.78, 5) is 28.2. The fourth-order valence-corrected chi connectivity index (χ4v) is 2.20. The van der Waals surface area contributed by atoms with E-state index in [-0.39, 0.29) is 12.1 Å². The lowest BCUT2D eigenvalue weighted by molar-refractivity contribution is -0.142. The number of hydrogen-bond acceptors (Lipinski definition) is 6. The number of methoxy groups -OCH3 is 1. The number of carbonyl (C=O) groups excluding carboxylic acids is 2. The van der Waals surface area contributed by atoms with Gasteiger partial charge >= 0.3 is 5.97 Å². The number of halogens is 1. The highest BCUT2D eigenvalue weighted by Crippen LogP contribution is 2.12. The number of nitrogens with zero attached hydrogens (tertiary/aromatic N) is 1. The fraction of sp³-hybridized carbons (Fsp3) is 0.312. The van der Waals surface area contributed by atoms with Crippen molar-refractivity contribution in [3.05, 3.63) is 52.7 Å². The Morgan fingerprint density at radius 3 is 2.71 bits per heavy atom. The number of oxazole rings is 1. The van der Waals surface area contributed by atoms with E-state index < -0.39 is 17.9 Å². The van der Waals surface area contributed by atoms with Crippen LogP contribution in [0.15, 0.2) is 34.9 Å². The number of amides is 1. The summed E-state index contributed by atoms with van der Waals surface area (Å²) in [5.74, 6) is -0.703. The van der Waals surface area contributed by atoms with Crippen LogP contribution in [0.4, 0.5) is 0 Å². The Bertz CT molecular complexity index is 700. The van der Waals surface area contributed by atoms with Gasteiger partial charge in [0.1, 0.15) is 12.3 Å². The molecule has 24 heavy (non-hydrogen) atoms. The van der Waals surface area contributed by atoms with Crippen molar-refractivity contribution in [3.8, 4) is 0 Å². The second-order valence-electron chi connectivity index (χ2n) is 5.04. The molecule has 1 aromatic carbocycles. The standard InChI is InChI=1S/C16H18ClN3O4/c1-23-16(22)12(8-10-2-4-11(17)5-3-10)20-15(21)13-9-24-14(19-13)6-7-18/h2-5,9,12H,6-8,18H2,1H3,(H,20,21). The fourth-order valence-electron chi connectivity index (χ4n) is 2.08. The van der Waals surface area contributed by atoms with Crippen LogP contribution in [0, 0.1) is 0 Å². The van der Waals surface area contributed by atoms with Gasteiger partial charge in [0.15, 0.2) is 11.6 Å². The smallest absolute Gasteiger partial charge is 0.328 e. The molecule has 1 unspecified atom stereocenters. The summed E-state index contributed by atoms with van der Waals surface area (Å²) in [5.41, 5.74) is 6.33. The van der Waals surface area contributed by atoms with Gasteiger partial charge in [-0.15, -0.1) is 0 Å². The summed E-state index contributed by atoms with van der Waals surface area (Å²) >= 11 is 5.84. The maximum absolute atomic E-state index is 12.2. The third kappa shape index (κ3) is 4.81. The van der Waals surface area contributed by atoms with Gasteiger partial charge in [0.25, 0.3) is 5.91 Å². The number of esters is 1. The summed E-state index contributed by atoms with van der Waals surface area (Å²) in [5, 5.41) is 3.19. The summed E-state index contributed by atoms with van der Waals surface area (Å²) in [6, 6.07) is 6.13. The van der Waals surface area contributed by atoms with Crippen molar-refractivity contribution < 1.29 is 18.7 Å². The van der Waals surface area contributed by atoms with Crippen molar-refractivity contribution in [2.24, 2.45) is 5.73 Å². The van der Waals surface area contributed by atoms with Gasteiger partial charge in [-0.3, -0.25) is 4.79 Å². The molecule has 0 saturated carbocycles. The van der Waals surface area contributed by atoms with Gasteiger partial charge in [0, 0.05) is 24.4 Å². The van der Waals surface area contributed by atoms with Gasteiger partial charge in [0.2, 0.25) is 0 Å². The number of hydrogen-bond donors (Lipinski definition) is 2. The van der Waals surface area contributed by atoms with Crippen LogP contribution in [0.1, 0.15) is 21.9 Å². The largest absolute Gasteiger partial charge is 0.467 e. The molecule has 0 bridgehead atoms. The van der Waals surface area contributed by atoms with Crippen LogP contribution in [0.2, 0.25) is 5.02 Å². The first-order valence-electron chi connectivity index (χ1n) is 7.31. The molecule has 128 valence electrons. The van der Waals surface area contributed by atoms with E-state index in [1.54, 1.807) is 24.3 Å². The predicted molar refractivity (Wildman–Crippen MR) is 87.7 cm³/mol. The van der Waals surface area contributed by atoms with Crippen molar-refractivity contribution in [3.63, 3.8) is 0 Å². The number of rotatable bonds is 7. The molecule has 7 nitrogen and oxygen atoms in total. The molecule has 0 fully saturated rings. The van der Waals surface area contributed by atoms with E-state index in [9.17, 15) is 9.59 Å². The Balaban J connectivity index is 2.08. The van der Waals surface area contributed by atoms with Gasteiger partial charge in [-0.25, -0.2) is 9.78 Å². The topological polar surface area (TPSA) is 107 Å². The quantitative estimate of drug-likeness (QED) is 0.729. The lowest BCUT2D eigenvalue weighted by Crippen LogP contribution is -2.43. The Morgan fingerprint density at radius 2 is 2.08 bits per heavy atom. The summed E-state index contributed by atoms with van der Waals surface area (Å²) in [6.07, 6.45) is 1.93. The molecule has 1 aromatic heterocycles. The number of benzene rings is 1. The minimum absolute atomic E-state index is 0.0865. The zero-order chi connectivity index (χ0) is 17.5. The minimum Gasteiger partial charge on any atom is -0.467 e. The van der Waals surface area contributed by atoms with Crippen LogP contribution >= 0.6 is 11.6 Å². The normalized spacial score (nSPS) is 11.8.